The third-order valence-electron chi connectivity index (χ3n) is 2.19. The quantitative estimate of drug-likeness (QED) is 0.636. The molecule has 0 aliphatic heterocycles. The largest absolute Gasteiger partial charge is 0.284 e. The van der Waals surface area contributed by atoms with Crippen LogP contribution < -0.4 is 9.87 Å². The van der Waals surface area contributed by atoms with Crippen molar-refractivity contribution in [3.63, 3.8) is 0 Å². The Labute approximate surface area is 105 Å². The van der Waals surface area contributed by atoms with Gasteiger partial charge in [-0.25, -0.2) is 22.3 Å². The summed E-state index contributed by atoms with van der Waals surface area (Å²) in [6.45, 7) is 0. The lowest BCUT2D eigenvalue weighted by molar-refractivity contribution is -0.893. The minimum atomic E-state index is -4.33. The van der Waals surface area contributed by atoms with Crippen LogP contribution >= 0.6 is 11.3 Å². The summed E-state index contributed by atoms with van der Waals surface area (Å²) in [4.78, 5) is -0.927. The van der Waals surface area contributed by atoms with Crippen LogP contribution in [0.15, 0.2) is 27.9 Å². The lowest BCUT2D eigenvalue weighted by Crippen LogP contribution is -2.29. The molecule has 0 unspecified atom stereocenters. The van der Waals surface area contributed by atoms with E-state index in [4.69, 9.17) is 5.14 Å². The molecule has 0 spiro atoms. The standard InChI is InChI=1S/C9H7F2N2O3S2/c10-6-2-9(18(12,15)16)7(11)1-5(6)8-3-17-4-13(8)14/h1-4,14H,(H2,12,15,16)/q+1. The lowest BCUT2D eigenvalue weighted by Gasteiger charge is -2.03. The highest BCUT2D eigenvalue weighted by Crippen LogP contribution is 2.25. The summed E-state index contributed by atoms with van der Waals surface area (Å²) in [5.74, 6) is -2.18. The summed E-state index contributed by atoms with van der Waals surface area (Å²) in [6, 6.07) is 1.15. The average molecular weight is 293 g/mol. The third-order valence-corrected chi connectivity index (χ3v) is 3.80. The molecule has 0 atom stereocenters. The van der Waals surface area contributed by atoms with Crippen LogP contribution in [0.4, 0.5) is 8.78 Å². The first-order valence-electron chi connectivity index (χ1n) is 4.50. The zero-order chi connectivity index (χ0) is 13.5. The van der Waals surface area contributed by atoms with Crippen LogP contribution in [0, 0.1) is 11.6 Å². The van der Waals surface area contributed by atoms with Crippen molar-refractivity contribution in [2.24, 2.45) is 5.14 Å². The van der Waals surface area contributed by atoms with Crippen LogP contribution in [0.25, 0.3) is 11.3 Å². The molecule has 0 saturated heterocycles. The highest BCUT2D eigenvalue weighted by Gasteiger charge is 2.24. The van der Waals surface area contributed by atoms with E-state index < -0.39 is 26.6 Å². The van der Waals surface area contributed by atoms with Crippen LogP contribution in [0.3, 0.4) is 0 Å². The Morgan fingerprint density at radius 1 is 1.28 bits per heavy atom. The topological polar surface area (TPSA) is 84.3 Å². The molecule has 0 aliphatic rings. The van der Waals surface area contributed by atoms with E-state index in [1.54, 1.807) is 0 Å². The first-order valence-corrected chi connectivity index (χ1v) is 6.99. The fourth-order valence-corrected chi connectivity index (χ4v) is 2.65. The summed E-state index contributed by atoms with van der Waals surface area (Å²) >= 11 is 1.07. The van der Waals surface area contributed by atoms with Gasteiger partial charge in [-0.1, -0.05) is 11.3 Å². The summed E-state index contributed by atoms with van der Waals surface area (Å²) < 4.78 is 49.8. The van der Waals surface area contributed by atoms with E-state index in [1.807, 2.05) is 0 Å². The van der Waals surface area contributed by atoms with E-state index in [0.29, 0.717) is 16.9 Å². The molecule has 2 aromatic rings. The normalized spacial score (nSPS) is 11.7. The van der Waals surface area contributed by atoms with Gasteiger partial charge < -0.3 is 0 Å². The van der Waals surface area contributed by atoms with Gasteiger partial charge in [0.05, 0.1) is 10.9 Å². The van der Waals surface area contributed by atoms with Crippen molar-refractivity contribution in [1.82, 2.24) is 0 Å². The Hall–Kier alpha value is -1.58. The number of thiazole rings is 1. The zero-order valence-corrected chi connectivity index (χ0v) is 10.3. The van der Waals surface area contributed by atoms with E-state index >= 15 is 0 Å². The number of primary sulfonamides is 1. The van der Waals surface area contributed by atoms with Gasteiger partial charge in [0.15, 0.2) is 0 Å². The lowest BCUT2D eigenvalue weighted by atomic mass is 10.1. The molecule has 0 fully saturated rings. The van der Waals surface area contributed by atoms with Crippen molar-refractivity contribution in [2.45, 2.75) is 4.90 Å². The predicted octanol–water partition coefficient (Wildman–Crippen LogP) is 0.866. The number of nitrogens with zero attached hydrogens (tertiary/aromatic N) is 1. The molecule has 2 rings (SSSR count). The first-order chi connectivity index (χ1) is 8.30. The molecule has 0 saturated carbocycles. The van der Waals surface area contributed by atoms with E-state index in [1.165, 1.54) is 10.9 Å². The molecule has 0 bridgehead atoms. The van der Waals surface area contributed by atoms with E-state index in [9.17, 15) is 22.4 Å². The Kier molecular flexibility index (Phi) is 3.05. The second-order valence-electron chi connectivity index (χ2n) is 3.40. The van der Waals surface area contributed by atoms with Crippen molar-refractivity contribution in [3.8, 4) is 11.3 Å². The smallest absolute Gasteiger partial charge is 0.278 e. The van der Waals surface area contributed by atoms with Crippen molar-refractivity contribution in [3.05, 3.63) is 34.7 Å². The molecule has 0 aliphatic carbocycles. The van der Waals surface area contributed by atoms with E-state index in [-0.39, 0.29) is 11.3 Å². The highest BCUT2D eigenvalue weighted by molar-refractivity contribution is 7.89. The van der Waals surface area contributed by atoms with Gasteiger partial charge >= 0.3 is 0 Å². The molecule has 96 valence electrons. The van der Waals surface area contributed by atoms with Gasteiger partial charge in [0.1, 0.15) is 16.5 Å². The van der Waals surface area contributed by atoms with Crippen LogP contribution in [0.5, 0.6) is 0 Å². The molecular formula is C9H7F2N2O3S2+. The van der Waals surface area contributed by atoms with Crippen LogP contribution in [0.1, 0.15) is 0 Å². The maximum absolute atomic E-state index is 13.7. The molecule has 5 nitrogen and oxygen atoms in total. The van der Waals surface area contributed by atoms with Gasteiger partial charge in [-0.05, 0) is 12.1 Å². The fraction of sp³-hybridized carbons (Fsp3) is 0. The van der Waals surface area contributed by atoms with Crippen LogP contribution in [-0.2, 0) is 10.0 Å². The number of rotatable bonds is 2. The Morgan fingerprint density at radius 2 is 1.94 bits per heavy atom. The number of halogens is 2. The second kappa shape index (κ2) is 4.26. The van der Waals surface area contributed by atoms with E-state index in [0.717, 1.165) is 11.3 Å². The molecule has 18 heavy (non-hydrogen) atoms. The Balaban J connectivity index is 2.68. The maximum Gasteiger partial charge on any atom is 0.278 e. The van der Waals surface area contributed by atoms with E-state index in [2.05, 4.69) is 0 Å². The van der Waals surface area contributed by atoms with Crippen molar-refractivity contribution in [2.75, 3.05) is 0 Å². The van der Waals surface area contributed by atoms with Crippen molar-refractivity contribution in [1.29, 1.82) is 0 Å². The monoisotopic (exact) mass is 293 g/mol. The third kappa shape index (κ3) is 2.19. The molecule has 3 N–H and O–H groups in total. The number of sulfonamides is 1. The summed E-state index contributed by atoms with van der Waals surface area (Å²) in [5, 5.41) is 15.5. The molecule has 1 aromatic carbocycles. The first kappa shape index (κ1) is 12.9. The van der Waals surface area contributed by atoms with Crippen LogP contribution in [0.2, 0.25) is 0 Å². The van der Waals surface area contributed by atoms with Gasteiger partial charge in [-0.15, -0.1) is 0 Å². The molecule has 0 amide bonds. The molecule has 9 heteroatoms. The Bertz CT molecular complexity index is 713. The minimum Gasteiger partial charge on any atom is -0.284 e. The summed E-state index contributed by atoms with van der Waals surface area (Å²) in [7, 11) is -4.33. The second-order valence-corrected chi connectivity index (χ2v) is 5.65. The molecular weight excluding hydrogens is 286 g/mol. The molecule has 1 heterocycles. The number of hydrogen-bond donors (Lipinski definition) is 2. The molecule has 1 aromatic heterocycles. The van der Waals surface area contributed by atoms with Gasteiger partial charge in [0, 0.05) is 4.73 Å². The number of aromatic nitrogens is 1. The highest BCUT2D eigenvalue weighted by atomic mass is 32.2. The minimum absolute atomic E-state index is 0.0115. The number of hydrogen-bond acceptors (Lipinski definition) is 4. The van der Waals surface area contributed by atoms with Crippen molar-refractivity contribution < 1.29 is 27.1 Å². The fourth-order valence-electron chi connectivity index (χ4n) is 1.39. The summed E-state index contributed by atoms with van der Waals surface area (Å²) in [5.41, 5.74) is 1.02. The average Bonchev–Trinajstić information content (AvgIpc) is 2.66. The van der Waals surface area contributed by atoms with Crippen molar-refractivity contribution >= 4 is 21.4 Å². The molecule has 0 radical (unpaired) electrons. The number of benzene rings is 1. The predicted molar refractivity (Wildman–Crippen MR) is 58.4 cm³/mol. The van der Waals surface area contributed by atoms with Gasteiger partial charge in [-0.3, -0.25) is 5.21 Å². The van der Waals surface area contributed by atoms with Gasteiger partial charge in [0.25, 0.3) is 11.2 Å². The van der Waals surface area contributed by atoms with Gasteiger partial charge in [0.2, 0.25) is 10.0 Å². The maximum atomic E-state index is 13.7. The summed E-state index contributed by atoms with van der Waals surface area (Å²) in [6.07, 6.45) is 0. The van der Waals surface area contributed by atoms with Crippen LogP contribution in [-0.4, -0.2) is 13.6 Å². The van der Waals surface area contributed by atoms with Gasteiger partial charge in [-0.2, -0.15) is 0 Å². The number of nitrogens with two attached hydrogens (primary N) is 1. The SMILES string of the molecule is NS(=O)(=O)c1cc(F)c(-c2csc[n+]2O)cc1F. The Morgan fingerprint density at radius 3 is 2.44 bits per heavy atom. The zero-order valence-electron chi connectivity index (χ0n) is 8.67.